The predicted molar refractivity (Wildman–Crippen MR) is 102 cm³/mol. The molecule has 0 saturated carbocycles. The molecule has 0 aliphatic heterocycles. The van der Waals surface area contributed by atoms with Crippen molar-refractivity contribution in [2.75, 3.05) is 0 Å². The zero-order chi connectivity index (χ0) is 16.7. The monoisotopic (exact) mass is 376 g/mol. The summed E-state index contributed by atoms with van der Waals surface area (Å²) in [5.74, 6) is 1.43. The van der Waals surface area contributed by atoms with Gasteiger partial charge < -0.3 is 4.98 Å². The van der Waals surface area contributed by atoms with E-state index >= 15 is 0 Å². The topological polar surface area (TPSA) is 45.8 Å². The minimum absolute atomic E-state index is 0.000599. The molecule has 3 nitrogen and oxygen atoms in total. The molecule has 3 aromatic rings. The number of fused-ring (bicyclic) bond motifs is 3. The van der Waals surface area contributed by atoms with E-state index in [1.807, 2.05) is 24.3 Å². The molecule has 2 heterocycles. The number of hydrogen-bond donors (Lipinski definition) is 1. The maximum Gasteiger partial charge on any atom is 0.260 e. The maximum atomic E-state index is 12.6. The summed E-state index contributed by atoms with van der Waals surface area (Å²) in [7, 11) is 0. The van der Waals surface area contributed by atoms with Crippen LogP contribution in [0.2, 0.25) is 5.02 Å². The van der Waals surface area contributed by atoms with Gasteiger partial charge in [-0.1, -0.05) is 42.4 Å². The van der Waals surface area contributed by atoms with Gasteiger partial charge in [-0.15, -0.1) is 11.3 Å². The van der Waals surface area contributed by atoms with E-state index in [2.05, 4.69) is 11.9 Å². The average molecular weight is 377 g/mol. The van der Waals surface area contributed by atoms with Crippen molar-refractivity contribution < 1.29 is 0 Å². The molecule has 0 bridgehead atoms. The number of aromatic amines is 1. The number of thiophene rings is 1. The van der Waals surface area contributed by atoms with Crippen LogP contribution in [0.5, 0.6) is 0 Å². The molecule has 0 radical (unpaired) electrons. The Bertz CT molecular complexity index is 963. The van der Waals surface area contributed by atoms with Crippen LogP contribution in [0.25, 0.3) is 10.2 Å². The lowest BCUT2D eigenvalue weighted by Gasteiger charge is -2.17. The van der Waals surface area contributed by atoms with Crippen LogP contribution >= 0.6 is 34.7 Å². The molecule has 24 heavy (non-hydrogen) atoms. The van der Waals surface area contributed by atoms with Crippen molar-refractivity contribution in [2.24, 2.45) is 5.92 Å². The third kappa shape index (κ3) is 3.13. The molecular formula is C18H17ClN2OS2. The first kappa shape index (κ1) is 16.2. The minimum Gasteiger partial charge on any atom is -0.301 e. The number of hydrogen-bond acceptors (Lipinski definition) is 4. The lowest BCUT2D eigenvalue weighted by Crippen LogP contribution is -2.13. The van der Waals surface area contributed by atoms with Gasteiger partial charge in [-0.05, 0) is 48.4 Å². The Kier molecular flexibility index (Phi) is 4.41. The Balaban J connectivity index is 1.64. The smallest absolute Gasteiger partial charge is 0.260 e. The van der Waals surface area contributed by atoms with Crippen LogP contribution in [0.1, 0.15) is 29.3 Å². The molecule has 0 fully saturated rings. The van der Waals surface area contributed by atoms with E-state index in [1.165, 1.54) is 22.2 Å². The fourth-order valence-electron chi connectivity index (χ4n) is 3.18. The number of nitrogens with one attached hydrogen (secondary N) is 1. The Morgan fingerprint density at radius 3 is 3.17 bits per heavy atom. The van der Waals surface area contributed by atoms with Gasteiger partial charge in [0, 0.05) is 15.7 Å². The Morgan fingerprint density at radius 2 is 2.33 bits per heavy atom. The third-order valence-corrected chi connectivity index (χ3v) is 6.74. The van der Waals surface area contributed by atoms with Gasteiger partial charge in [-0.2, -0.15) is 0 Å². The van der Waals surface area contributed by atoms with Gasteiger partial charge in [0.2, 0.25) is 0 Å². The minimum atomic E-state index is 0.000599. The molecule has 0 amide bonds. The average Bonchev–Trinajstić information content (AvgIpc) is 2.90. The number of thioether (sulfide) groups is 1. The second kappa shape index (κ2) is 6.54. The highest BCUT2D eigenvalue weighted by Gasteiger charge is 2.23. The van der Waals surface area contributed by atoms with Crippen molar-refractivity contribution in [1.82, 2.24) is 9.97 Å². The molecule has 2 aromatic heterocycles. The molecule has 1 N–H and O–H groups in total. The van der Waals surface area contributed by atoms with E-state index in [9.17, 15) is 4.79 Å². The van der Waals surface area contributed by atoms with Crippen LogP contribution in [0, 0.1) is 5.92 Å². The Labute approximate surface area is 153 Å². The van der Waals surface area contributed by atoms with E-state index in [0.29, 0.717) is 11.1 Å². The largest absolute Gasteiger partial charge is 0.301 e. The molecule has 0 unspecified atom stereocenters. The molecule has 1 aliphatic carbocycles. The molecule has 0 saturated heterocycles. The highest BCUT2D eigenvalue weighted by Crippen LogP contribution is 2.36. The van der Waals surface area contributed by atoms with Crippen LogP contribution in [0.4, 0.5) is 0 Å². The first-order valence-electron chi connectivity index (χ1n) is 8.02. The second-order valence-corrected chi connectivity index (χ2v) is 8.81. The molecule has 1 aliphatic rings. The third-order valence-electron chi connectivity index (χ3n) is 4.41. The van der Waals surface area contributed by atoms with Crippen molar-refractivity contribution in [1.29, 1.82) is 0 Å². The molecule has 4 rings (SSSR count). The lowest BCUT2D eigenvalue weighted by molar-refractivity contribution is 0.509. The van der Waals surface area contributed by atoms with E-state index in [-0.39, 0.29) is 5.56 Å². The number of H-pyrrole nitrogens is 1. The first-order valence-corrected chi connectivity index (χ1v) is 10.2. The molecule has 124 valence electrons. The van der Waals surface area contributed by atoms with Crippen molar-refractivity contribution in [2.45, 2.75) is 37.1 Å². The molecule has 1 atom stereocenters. The van der Waals surface area contributed by atoms with Crippen molar-refractivity contribution in [3.8, 4) is 0 Å². The summed E-state index contributed by atoms with van der Waals surface area (Å²) in [5.41, 5.74) is 2.35. The maximum absolute atomic E-state index is 12.6. The van der Waals surface area contributed by atoms with Gasteiger partial charge in [-0.3, -0.25) is 4.79 Å². The van der Waals surface area contributed by atoms with E-state index < -0.39 is 0 Å². The number of aryl methyl sites for hydroxylation is 1. The Morgan fingerprint density at radius 1 is 1.46 bits per heavy atom. The fourth-order valence-corrected chi connectivity index (χ4v) is 5.63. The van der Waals surface area contributed by atoms with Crippen LogP contribution < -0.4 is 5.56 Å². The van der Waals surface area contributed by atoms with Crippen LogP contribution in [-0.2, 0) is 18.6 Å². The van der Waals surface area contributed by atoms with Crippen LogP contribution in [-0.4, -0.2) is 9.97 Å². The summed E-state index contributed by atoms with van der Waals surface area (Å²) in [6, 6.07) is 7.77. The normalized spacial score (nSPS) is 17.2. The number of aromatic nitrogens is 2. The molecule has 6 heteroatoms. The van der Waals surface area contributed by atoms with Gasteiger partial charge in [0.15, 0.2) is 5.16 Å². The number of benzene rings is 1. The quantitative estimate of drug-likeness (QED) is 0.513. The van der Waals surface area contributed by atoms with Crippen LogP contribution in [0.15, 0.2) is 34.2 Å². The summed E-state index contributed by atoms with van der Waals surface area (Å²) >= 11 is 9.25. The van der Waals surface area contributed by atoms with Gasteiger partial charge in [-0.25, -0.2) is 4.98 Å². The predicted octanol–water partition coefficient (Wildman–Crippen LogP) is 5.06. The van der Waals surface area contributed by atoms with Gasteiger partial charge >= 0.3 is 0 Å². The van der Waals surface area contributed by atoms with Crippen molar-refractivity contribution in [3.63, 3.8) is 0 Å². The molecule has 0 spiro atoms. The highest BCUT2D eigenvalue weighted by molar-refractivity contribution is 7.98. The summed E-state index contributed by atoms with van der Waals surface area (Å²) in [6.07, 6.45) is 3.22. The molecule has 1 aromatic carbocycles. The number of rotatable bonds is 3. The molecular weight excluding hydrogens is 360 g/mol. The Hall–Kier alpha value is -1.30. The standard InChI is InChI=1S/C18H17ClN2OS2/c1-10-5-6-13-14(7-10)24-17-15(13)16(22)20-18(21-17)23-9-11-3-2-4-12(19)8-11/h2-4,8,10H,5-7,9H2,1H3,(H,20,21,22)/t10-/m0/s1. The summed E-state index contributed by atoms with van der Waals surface area (Å²) < 4.78 is 0. The van der Waals surface area contributed by atoms with E-state index in [1.54, 1.807) is 11.3 Å². The number of halogens is 1. The highest BCUT2D eigenvalue weighted by atomic mass is 35.5. The van der Waals surface area contributed by atoms with E-state index in [4.69, 9.17) is 16.6 Å². The van der Waals surface area contributed by atoms with Crippen molar-refractivity contribution >= 4 is 44.9 Å². The first-order chi connectivity index (χ1) is 11.6. The van der Waals surface area contributed by atoms with Crippen molar-refractivity contribution in [3.05, 3.63) is 55.6 Å². The lowest BCUT2D eigenvalue weighted by atomic mass is 9.89. The zero-order valence-electron chi connectivity index (χ0n) is 13.3. The van der Waals surface area contributed by atoms with Gasteiger partial charge in [0.1, 0.15) is 4.83 Å². The zero-order valence-corrected chi connectivity index (χ0v) is 15.7. The summed E-state index contributed by atoms with van der Waals surface area (Å²) in [4.78, 5) is 22.4. The van der Waals surface area contributed by atoms with E-state index in [0.717, 1.165) is 45.8 Å². The summed E-state index contributed by atoms with van der Waals surface area (Å²) in [6.45, 7) is 2.28. The van der Waals surface area contributed by atoms with Gasteiger partial charge in [0.25, 0.3) is 5.56 Å². The number of nitrogens with zero attached hydrogens (tertiary/aromatic N) is 1. The second-order valence-electron chi connectivity index (χ2n) is 6.32. The summed E-state index contributed by atoms with van der Waals surface area (Å²) in [5, 5.41) is 2.22. The SMILES string of the molecule is C[C@H]1CCc2c(sc3nc(SCc4cccc(Cl)c4)[nH]c(=O)c23)C1. The fraction of sp³-hybridized carbons (Fsp3) is 0.333. The van der Waals surface area contributed by atoms with Gasteiger partial charge in [0.05, 0.1) is 5.39 Å². The van der Waals surface area contributed by atoms with Crippen LogP contribution in [0.3, 0.4) is 0 Å².